The Balaban J connectivity index is 2.32. The Morgan fingerprint density at radius 2 is 2.06 bits per heavy atom. The van der Waals surface area contributed by atoms with Gasteiger partial charge in [-0.2, -0.15) is 0 Å². The first kappa shape index (κ1) is 12.5. The maximum absolute atomic E-state index is 13.7. The van der Waals surface area contributed by atoms with Crippen LogP contribution in [0.5, 0.6) is 0 Å². The van der Waals surface area contributed by atoms with Crippen molar-refractivity contribution in [2.75, 3.05) is 26.3 Å². The molecule has 92 valence electrons. The summed E-state index contributed by atoms with van der Waals surface area (Å²) in [5, 5.41) is 0. The van der Waals surface area contributed by atoms with Crippen LogP contribution in [0.2, 0.25) is 0 Å². The molecule has 0 aromatic heterocycles. The summed E-state index contributed by atoms with van der Waals surface area (Å²) in [6.45, 7) is 3.80. The van der Waals surface area contributed by atoms with Gasteiger partial charge >= 0.3 is 0 Å². The third-order valence-corrected chi connectivity index (χ3v) is 3.72. The van der Waals surface area contributed by atoms with Crippen LogP contribution in [0.1, 0.15) is 15.9 Å². The minimum Gasteiger partial charge on any atom is -0.378 e. The number of carbonyl (C=O) groups excluding carboxylic acids is 1. The van der Waals surface area contributed by atoms with Crippen molar-refractivity contribution >= 4 is 21.8 Å². The highest BCUT2D eigenvalue weighted by Crippen LogP contribution is 2.23. The smallest absolute Gasteiger partial charge is 0.257 e. The zero-order chi connectivity index (χ0) is 12.4. The number of benzene rings is 1. The first-order valence-electron chi connectivity index (χ1n) is 5.43. The summed E-state index contributed by atoms with van der Waals surface area (Å²) in [6.07, 6.45) is 0. The zero-order valence-corrected chi connectivity index (χ0v) is 11.1. The Labute approximate surface area is 108 Å². The monoisotopic (exact) mass is 301 g/mol. The molecule has 17 heavy (non-hydrogen) atoms. The number of amides is 1. The third kappa shape index (κ3) is 2.50. The van der Waals surface area contributed by atoms with Crippen molar-refractivity contribution in [3.63, 3.8) is 0 Å². The fourth-order valence-electron chi connectivity index (χ4n) is 1.84. The normalized spacial score (nSPS) is 16.1. The number of ether oxygens (including phenoxy) is 1. The molecule has 0 spiro atoms. The van der Waals surface area contributed by atoms with Crippen molar-refractivity contribution in [1.82, 2.24) is 4.90 Å². The first-order valence-corrected chi connectivity index (χ1v) is 6.22. The molecule has 1 saturated heterocycles. The Bertz CT molecular complexity index is 444. The molecule has 1 fully saturated rings. The van der Waals surface area contributed by atoms with Crippen LogP contribution in [-0.4, -0.2) is 37.1 Å². The summed E-state index contributed by atoms with van der Waals surface area (Å²) >= 11 is 3.31. The van der Waals surface area contributed by atoms with Crippen molar-refractivity contribution in [2.24, 2.45) is 0 Å². The summed E-state index contributed by atoms with van der Waals surface area (Å²) in [4.78, 5) is 13.8. The lowest BCUT2D eigenvalue weighted by molar-refractivity contribution is 0.0299. The molecule has 0 unspecified atom stereocenters. The van der Waals surface area contributed by atoms with Crippen molar-refractivity contribution in [3.8, 4) is 0 Å². The van der Waals surface area contributed by atoms with E-state index in [2.05, 4.69) is 15.9 Å². The largest absolute Gasteiger partial charge is 0.378 e. The number of halogens is 2. The highest BCUT2D eigenvalue weighted by Gasteiger charge is 2.23. The molecule has 1 aliphatic rings. The van der Waals surface area contributed by atoms with Crippen LogP contribution in [0, 0.1) is 12.7 Å². The molecule has 0 saturated carbocycles. The second kappa shape index (κ2) is 5.14. The summed E-state index contributed by atoms with van der Waals surface area (Å²) in [5.74, 6) is -0.730. The van der Waals surface area contributed by atoms with Gasteiger partial charge in [-0.25, -0.2) is 4.39 Å². The van der Waals surface area contributed by atoms with E-state index in [4.69, 9.17) is 4.74 Å². The molecule has 0 radical (unpaired) electrons. The molecule has 1 aromatic rings. The average molecular weight is 302 g/mol. The van der Waals surface area contributed by atoms with E-state index in [0.717, 1.165) is 4.47 Å². The number of morpholine rings is 1. The van der Waals surface area contributed by atoms with Crippen LogP contribution in [0.25, 0.3) is 0 Å². The van der Waals surface area contributed by atoms with Gasteiger partial charge in [-0.15, -0.1) is 0 Å². The van der Waals surface area contributed by atoms with Crippen LogP contribution >= 0.6 is 15.9 Å². The molecule has 1 amide bonds. The molecule has 1 aromatic carbocycles. The van der Waals surface area contributed by atoms with Crippen LogP contribution in [0.3, 0.4) is 0 Å². The highest BCUT2D eigenvalue weighted by molar-refractivity contribution is 9.10. The summed E-state index contributed by atoms with van der Waals surface area (Å²) in [5.41, 5.74) is 0.794. The Morgan fingerprint density at radius 1 is 1.41 bits per heavy atom. The van der Waals surface area contributed by atoms with Gasteiger partial charge in [0.25, 0.3) is 5.91 Å². The lowest BCUT2D eigenvalue weighted by atomic mass is 10.1. The number of rotatable bonds is 1. The number of nitrogens with zero attached hydrogens (tertiary/aromatic N) is 1. The minimum atomic E-state index is -0.470. The van der Waals surface area contributed by atoms with Crippen molar-refractivity contribution in [2.45, 2.75) is 6.92 Å². The predicted octanol–water partition coefficient (Wildman–Crippen LogP) is 2.37. The van der Waals surface area contributed by atoms with Gasteiger partial charge in [0, 0.05) is 17.6 Å². The molecular weight excluding hydrogens is 289 g/mol. The van der Waals surface area contributed by atoms with E-state index >= 15 is 0 Å². The second-order valence-corrected chi connectivity index (χ2v) is 4.79. The van der Waals surface area contributed by atoms with Crippen molar-refractivity contribution < 1.29 is 13.9 Å². The van der Waals surface area contributed by atoms with Gasteiger partial charge in [0.1, 0.15) is 5.82 Å². The molecule has 0 N–H and O–H groups in total. The number of carbonyl (C=O) groups is 1. The van der Waals surface area contributed by atoms with Gasteiger partial charge in [-0.05, 0) is 24.6 Å². The molecule has 3 nitrogen and oxygen atoms in total. The highest BCUT2D eigenvalue weighted by atomic mass is 79.9. The Morgan fingerprint density at radius 3 is 2.71 bits per heavy atom. The average Bonchev–Trinajstić information content (AvgIpc) is 2.35. The Kier molecular flexibility index (Phi) is 3.79. The van der Waals surface area contributed by atoms with Gasteiger partial charge in [0.2, 0.25) is 0 Å². The van der Waals surface area contributed by atoms with E-state index in [1.165, 1.54) is 6.07 Å². The van der Waals surface area contributed by atoms with Gasteiger partial charge < -0.3 is 9.64 Å². The van der Waals surface area contributed by atoms with E-state index in [1.807, 2.05) is 0 Å². The lowest BCUT2D eigenvalue weighted by Crippen LogP contribution is -2.41. The maximum atomic E-state index is 13.7. The van der Waals surface area contributed by atoms with Gasteiger partial charge in [0.05, 0.1) is 18.8 Å². The summed E-state index contributed by atoms with van der Waals surface area (Å²) < 4.78 is 19.7. The SMILES string of the molecule is Cc1c(Br)ccc(F)c1C(=O)N1CCOCC1. The summed E-state index contributed by atoms with van der Waals surface area (Å²) in [7, 11) is 0. The maximum Gasteiger partial charge on any atom is 0.257 e. The fourth-order valence-corrected chi connectivity index (χ4v) is 2.17. The van der Waals surface area contributed by atoms with Crippen LogP contribution in [-0.2, 0) is 4.74 Å². The van der Waals surface area contributed by atoms with Crippen LogP contribution < -0.4 is 0 Å². The van der Waals surface area contributed by atoms with E-state index in [-0.39, 0.29) is 11.5 Å². The molecule has 1 aliphatic heterocycles. The standard InChI is InChI=1S/C12H13BrFNO2/c1-8-9(13)2-3-10(14)11(8)12(16)15-4-6-17-7-5-15/h2-3H,4-7H2,1H3. The molecule has 1 heterocycles. The van der Waals surface area contributed by atoms with Crippen LogP contribution in [0.4, 0.5) is 4.39 Å². The van der Waals surface area contributed by atoms with E-state index in [9.17, 15) is 9.18 Å². The van der Waals surface area contributed by atoms with Gasteiger partial charge in [0.15, 0.2) is 0 Å². The predicted molar refractivity (Wildman–Crippen MR) is 65.6 cm³/mol. The summed E-state index contributed by atoms with van der Waals surface area (Å²) in [6, 6.07) is 2.92. The lowest BCUT2D eigenvalue weighted by Gasteiger charge is -2.27. The fraction of sp³-hybridized carbons (Fsp3) is 0.417. The molecular formula is C12H13BrFNO2. The minimum absolute atomic E-state index is 0.154. The molecule has 0 aliphatic carbocycles. The quantitative estimate of drug-likeness (QED) is 0.797. The van der Waals surface area contributed by atoms with Crippen LogP contribution in [0.15, 0.2) is 16.6 Å². The number of hydrogen-bond acceptors (Lipinski definition) is 2. The zero-order valence-electron chi connectivity index (χ0n) is 9.50. The Hall–Kier alpha value is -0.940. The second-order valence-electron chi connectivity index (χ2n) is 3.93. The molecule has 2 rings (SSSR count). The van der Waals surface area contributed by atoms with Gasteiger partial charge in [-0.1, -0.05) is 15.9 Å². The molecule has 0 atom stereocenters. The van der Waals surface area contributed by atoms with Gasteiger partial charge in [-0.3, -0.25) is 4.79 Å². The molecule has 0 bridgehead atoms. The van der Waals surface area contributed by atoms with E-state index in [0.29, 0.717) is 31.9 Å². The molecule has 5 heteroatoms. The first-order chi connectivity index (χ1) is 8.11. The van der Waals surface area contributed by atoms with Crippen molar-refractivity contribution in [3.05, 3.63) is 33.5 Å². The van der Waals surface area contributed by atoms with E-state index in [1.54, 1.807) is 17.9 Å². The topological polar surface area (TPSA) is 29.5 Å². The third-order valence-electron chi connectivity index (χ3n) is 2.86. The number of hydrogen-bond donors (Lipinski definition) is 0. The van der Waals surface area contributed by atoms with Crippen molar-refractivity contribution in [1.29, 1.82) is 0 Å². The van der Waals surface area contributed by atoms with E-state index < -0.39 is 5.82 Å².